The van der Waals surface area contributed by atoms with Gasteiger partial charge in [0.2, 0.25) is 11.6 Å². The number of allylic oxidation sites excluding steroid dienone is 2. The summed E-state index contributed by atoms with van der Waals surface area (Å²) in [7, 11) is 0. The number of nitrogens with zero attached hydrogens (tertiary/aromatic N) is 1. The summed E-state index contributed by atoms with van der Waals surface area (Å²) >= 11 is 0. The number of pyridine rings is 1. The Morgan fingerprint density at radius 3 is 2.84 bits per heavy atom. The van der Waals surface area contributed by atoms with E-state index in [0.717, 1.165) is 17.6 Å². The number of fused-ring (bicyclic) bond motifs is 2. The molecule has 124 valence electrons. The van der Waals surface area contributed by atoms with Gasteiger partial charge in [-0.05, 0) is 37.1 Å². The maximum Gasteiger partial charge on any atom is 0.211 e. The Kier molecular flexibility index (Phi) is 3.69. The third-order valence-corrected chi connectivity index (χ3v) is 4.52. The Labute approximate surface area is 144 Å². The normalized spacial score (nSPS) is 13.7. The molecule has 0 spiro atoms. The summed E-state index contributed by atoms with van der Waals surface area (Å²) in [6.07, 6.45) is 3.63. The Hall–Kier alpha value is -3.21. The van der Waals surface area contributed by atoms with Crippen molar-refractivity contribution in [3.63, 3.8) is 0 Å². The van der Waals surface area contributed by atoms with Crippen LogP contribution < -0.4 is 5.32 Å². The molecule has 0 aliphatic heterocycles. The van der Waals surface area contributed by atoms with Crippen LogP contribution in [-0.4, -0.2) is 28.1 Å². The molecule has 1 aliphatic rings. The Bertz CT molecular complexity index is 1030. The molecule has 4 rings (SSSR count). The third-order valence-electron chi connectivity index (χ3n) is 4.52. The molecule has 25 heavy (non-hydrogen) atoms. The topological polar surface area (TPSA) is 74.8 Å². The first-order valence-electron chi connectivity index (χ1n) is 8.21. The van der Waals surface area contributed by atoms with Crippen molar-refractivity contribution in [2.45, 2.75) is 13.3 Å². The second-order valence-corrected chi connectivity index (χ2v) is 6.10. The molecule has 0 saturated heterocycles. The molecule has 2 aromatic heterocycles. The van der Waals surface area contributed by atoms with Crippen molar-refractivity contribution in [2.75, 3.05) is 6.54 Å². The molecular formula is C20H17N3O2. The van der Waals surface area contributed by atoms with Crippen LogP contribution in [0.5, 0.6) is 0 Å². The molecule has 1 aromatic carbocycles. The summed E-state index contributed by atoms with van der Waals surface area (Å²) in [5.41, 5.74) is 4.38. The van der Waals surface area contributed by atoms with Gasteiger partial charge in [-0.3, -0.25) is 14.6 Å². The van der Waals surface area contributed by atoms with Crippen LogP contribution in [-0.2, 0) is 6.42 Å². The Morgan fingerprint density at radius 1 is 1.12 bits per heavy atom. The zero-order valence-electron chi connectivity index (χ0n) is 13.8. The number of H-pyrrole nitrogens is 1. The second kappa shape index (κ2) is 6.02. The van der Waals surface area contributed by atoms with Gasteiger partial charge in [-0.1, -0.05) is 18.2 Å². The number of rotatable bonds is 4. The highest BCUT2D eigenvalue weighted by atomic mass is 16.1. The number of hydrogen-bond donors (Lipinski definition) is 2. The number of aryl methyl sites for hydroxylation is 1. The van der Waals surface area contributed by atoms with Crippen LogP contribution in [0.1, 0.15) is 32.1 Å². The van der Waals surface area contributed by atoms with Crippen molar-refractivity contribution in [3.05, 3.63) is 76.9 Å². The summed E-state index contributed by atoms with van der Waals surface area (Å²) in [6, 6.07) is 11.5. The SMILES string of the molecule is Cc1[nH]c2ccccc2c1CCNC1=CC(=O)c2ncccc2C1=O. The van der Waals surface area contributed by atoms with Crippen LogP contribution in [0.2, 0.25) is 0 Å². The number of ketones is 2. The van der Waals surface area contributed by atoms with Crippen LogP contribution in [0, 0.1) is 6.92 Å². The second-order valence-electron chi connectivity index (χ2n) is 6.10. The predicted octanol–water partition coefficient (Wildman–Crippen LogP) is 2.97. The highest BCUT2D eigenvalue weighted by Gasteiger charge is 2.26. The lowest BCUT2D eigenvalue weighted by atomic mass is 9.97. The van der Waals surface area contributed by atoms with Crippen molar-refractivity contribution in [1.82, 2.24) is 15.3 Å². The van der Waals surface area contributed by atoms with Gasteiger partial charge in [-0.25, -0.2) is 0 Å². The van der Waals surface area contributed by atoms with Gasteiger partial charge in [0.15, 0.2) is 0 Å². The number of nitrogens with one attached hydrogen (secondary N) is 2. The fourth-order valence-corrected chi connectivity index (χ4v) is 3.31. The molecule has 0 amide bonds. The zero-order valence-corrected chi connectivity index (χ0v) is 13.8. The number of carbonyl (C=O) groups is 2. The first kappa shape index (κ1) is 15.3. The zero-order chi connectivity index (χ0) is 17.4. The van der Waals surface area contributed by atoms with Crippen LogP contribution in [0.3, 0.4) is 0 Å². The van der Waals surface area contributed by atoms with Crippen molar-refractivity contribution in [1.29, 1.82) is 0 Å². The van der Waals surface area contributed by atoms with Crippen molar-refractivity contribution in [3.8, 4) is 0 Å². The number of aromatic nitrogens is 2. The Balaban J connectivity index is 1.51. The highest BCUT2D eigenvalue weighted by molar-refractivity contribution is 6.23. The predicted molar refractivity (Wildman–Crippen MR) is 95.7 cm³/mol. The molecule has 0 unspecified atom stereocenters. The first-order chi connectivity index (χ1) is 12.1. The highest BCUT2D eigenvalue weighted by Crippen LogP contribution is 2.22. The average molecular weight is 331 g/mol. The van der Waals surface area contributed by atoms with E-state index in [1.165, 1.54) is 23.2 Å². The fourth-order valence-electron chi connectivity index (χ4n) is 3.31. The van der Waals surface area contributed by atoms with Gasteiger partial charge in [0.1, 0.15) is 5.69 Å². The van der Waals surface area contributed by atoms with E-state index in [9.17, 15) is 9.59 Å². The molecule has 2 N–H and O–H groups in total. The first-order valence-corrected chi connectivity index (χ1v) is 8.21. The van der Waals surface area contributed by atoms with Crippen molar-refractivity contribution >= 4 is 22.5 Å². The minimum atomic E-state index is -0.235. The minimum absolute atomic E-state index is 0.182. The maximum absolute atomic E-state index is 12.5. The van der Waals surface area contributed by atoms with Gasteiger partial charge >= 0.3 is 0 Å². The quantitative estimate of drug-likeness (QED) is 0.771. The molecule has 0 fully saturated rings. The summed E-state index contributed by atoms with van der Waals surface area (Å²) in [4.78, 5) is 32.0. The number of Topliss-reactive ketones (excluding diaryl/α,β-unsaturated/α-hetero) is 1. The molecule has 1 aliphatic carbocycles. The maximum atomic E-state index is 12.5. The van der Waals surface area contributed by atoms with Crippen LogP contribution in [0.15, 0.2) is 54.4 Å². The monoisotopic (exact) mass is 331 g/mol. The van der Waals surface area contributed by atoms with Gasteiger partial charge in [0, 0.05) is 35.4 Å². The fraction of sp³-hybridized carbons (Fsp3) is 0.150. The van der Waals surface area contributed by atoms with E-state index >= 15 is 0 Å². The smallest absolute Gasteiger partial charge is 0.211 e. The Morgan fingerprint density at radius 2 is 1.96 bits per heavy atom. The van der Waals surface area contributed by atoms with Crippen LogP contribution in [0.4, 0.5) is 0 Å². The lowest BCUT2D eigenvalue weighted by molar-refractivity contribution is 0.0975. The summed E-state index contributed by atoms with van der Waals surface area (Å²) in [5.74, 6) is -0.417. The average Bonchev–Trinajstić information content (AvgIpc) is 2.95. The minimum Gasteiger partial charge on any atom is -0.381 e. The van der Waals surface area contributed by atoms with Crippen LogP contribution in [0.25, 0.3) is 10.9 Å². The molecule has 0 bridgehead atoms. The van der Waals surface area contributed by atoms with Crippen LogP contribution >= 0.6 is 0 Å². The number of para-hydroxylation sites is 1. The van der Waals surface area contributed by atoms with E-state index in [1.807, 2.05) is 19.1 Å². The number of aromatic amines is 1. The summed E-state index contributed by atoms with van der Waals surface area (Å²) < 4.78 is 0. The molecule has 2 heterocycles. The number of benzene rings is 1. The van der Waals surface area contributed by atoms with Gasteiger partial charge in [-0.15, -0.1) is 0 Å². The molecule has 0 saturated carbocycles. The van der Waals surface area contributed by atoms with E-state index in [4.69, 9.17) is 0 Å². The van der Waals surface area contributed by atoms with E-state index in [-0.39, 0.29) is 17.3 Å². The standard InChI is InChI=1S/C20H17N3O2/c1-12-13(14-5-2-3-7-16(14)23-12)8-10-21-17-11-18(24)19-15(20(17)25)6-4-9-22-19/h2-7,9,11,21,23H,8,10H2,1H3. The number of hydrogen-bond acceptors (Lipinski definition) is 4. The van der Waals surface area contributed by atoms with Crippen molar-refractivity contribution < 1.29 is 9.59 Å². The molecule has 0 atom stereocenters. The van der Waals surface area contributed by atoms with E-state index in [0.29, 0.717) is 17.8 Å². The lowest BCUT2D eigenvalue weighted by Crippen LogP contribution is -2.28. The van der Waals surface area contributed by atoms with E-state index in [2.05, 4.69) is 27.4 Å². The molecule has 5 heteroatoms. The molecular weight excluding hydrogens is 314 g/mol. The lowest BCUT2D eigenvalue weighted by Gasteiger charge is -2.15. The molecule has 0 radical (unpaired) electrons. The van der Waals surface area contributed by atoms with E-state index < -0.39 is 0 Å². The van der Waals surface area contributed by atoms with Gasteiger partial charge < -0.3 is 10.3 Å². The molecule has 3 aromatic rings. The van der Waals surface area contributed by atoms with Gasteiger partial charge in [0.25, 0.3) is 0 Å². The van der Waals surface area contributed by atoms with E-state index in [1.54, 1.807) is 12.1 Å². The summed E-state index contributed by atoms with van der Waals surface area (Å²) in [6.45, 7) is 2.62. The largest absolute Gasteiger partial charge is 0.381 e. The summed E-state index contributed by atoms with van der Waals surface area (Å²) in [5, 5.41) is 4.31. The van der Waals surface area contributed by atoms with Gasteiger partial charge in [-0.2, -0.15) is 0 Å². The molecule has 5 nitrogen and oxygen atoms in total. The third kappa shape index (κ3) is 2.63. The number of carbonyl (C=O) groups excluding carboxylic acids is 2. The van der Waals surface area contributed by atoms with Gasteiger partial charge in [0.05, 0.1) is 11.3 Å². The van der Waals surface area contributed by atoms with Crippen molar-refractivity contribution in [2.24, 2.45) is 0 Å².